The number of rotatable bonds is 2. The van der Waals surface area contributed by atoms with Crippen LogP contribution in [0.5, 0.6) is 0 Å². The topological polar surface area (TPSA) is 0 Å². The molecular formula is C11H28. The van der Waals surface area contributed by atoms with Crippen LogP contribution in [-0.4, -0.2) is 0 Å². The summed E-state index contributed by atoms with van der Waals surface area (Å²) in [5, 5.41) is 0. The molecule has 0 aliphatic carbocycles. The zero-order chi connectivity index (χ0) is 9.70. The van der Waals surface area contributed by atoms with E-state index in [0.717, 1.165) is 5.92 Å². The van der Waals surface area contributed by atoms with Crippen molar-refractivity contribution < 1.29 is 0 Å². The Morgan fingerprint density at radius 1 is 0.818 bits per heavy atom. The van der Waals surface area contributed by atoms with Crippen LogP contribution in [0.2, 0.25) is 0 Å². The van der Waals surface area contributed by atoms with Crippen molar-refractivity contribution in [1.82, 2.24) is 0 Å². The quantitative estimate of drug-likeness (QED) is 0.540. The molecule has 0 rings (SSSR count). The van der Waals surface area contributed by atoms with E-state index in [1.807, 2.05) is 13.8 Å². The van der Waals surface area contributed by atoms with Gasteiger partial charge in [0.1, 0.15) is 0 Å². The summed E-state index contributed by atoms with van der Waals surface area (Å²) in [6, 6.07) is 0. The summed E-state index contributed by atoms with van der Waals surface area (Å²) in [7, 11) is 0. The molecule has 0 aromatic carbocycles. The van der Waals surface area contributed by atoms with Gasteiger partial charge in [-0.1, -0.05) is 67.7 Å². The first-order valence-corrected chi connectivity index (χ1v) is 5.18. The van der Waals surface area contributed by atoms with Crippen LogP contribution in [-0.2, 0) is 0 Å². The molecule has 0 bridgehead atoms. The molecule has 0 saturated heterocycles. The van der Waals surface area contributed by atoms with Crippen LogP contribution in [0.15, 0.2) is 0 Å². The van der Waals surface area contributed by atoms with Gasteiger partial charge in [-0.3, -0.25) is 0 Å². The van der Waals surface area contributed by atoms with Crippen molar-refractivity contribution in [2.45, 2.75) is 67.7 Å². The predicted octanol–water partition coefficient (Wildman–Crippen LogP) is 4.89. The number of hydrogen-bond donors (Lipinski definition) is 0. The highest BCUT2D eigenvalue weighted by molar-refractivity contribution is 4.32. The van der Waals surface area contributed by atoms with Gasteiger partial charge >= 0.3 is 0 Å². The standard InChI is InChI=1S/C5H12.C4H10.C2H6/c1-4-5(2)3;1-3-4-2;1-2/h5H,4H2,1-3H3;3-4H2,1-2H3;1-2H3. The van der Waals surface area contributed by atoms with Gasteiger partial charge in [0.25, 0.3) is 0 Å². The van der Waals surface area contributed by atoms with Gasteiger partial charge in [0.15, 0.2) is 0 Å². The molecule has 0 saturated carbocycles. The van der Waals surface area contributed by atoms with E-state index in [1.165, 1.54) is 19.3 Å². The van der Waals surface area contributed by atoms with Crippen LogP contribution in [0.1, 0.15) is 67.7 Å². The molecule has 0 heteroatoms. The Balaban J connectivity index is -0.0000000965. The molecule has 0 N–H and O–H groups in total. The molecule has 0 nitrogen and oxygen atoms in total. The van der Waals surface area contributed by atoms with Gasteiger partial charge in [-0.2, -0.15) is 0 Å². The minimum Gasteiger partial charge on any atom is -0.0683 e. The Bertz CT molecular complexity index is 27.0. The molecule has 0 atom stereocenters. The lowest BCUT2D eigenvalue weighted by molar-refractivity contribution is 0.626. The van der Waals surface area contributed by atoms with Crippen LogP contribution < -0.4 is 0 Å². The third kappa shape index (κ3) is 71.1. The van der Waals surface area contributed by atoms with E-state index >= 15 is 0 Å². The first-order chi connectivity index (χ1) is 5.18. The second-order valence-corrected chi connectivity index (χ2v) is 2.80. The maximum atomic E-state index is 2.22. The zero-order valence-electron chi connectivity index (χ0n) is 9.70. The minimum absolute atomic E-state index is 0.884. The molecule has 0 aromatic rings. The molecule has 0 radical (unpaired) electrons. The minimum atomic E-state index is 0.884. The first kappa shape index (κ1) is 17.2. The molecule has 72 valence electrons. The Labute approximate surface area is 74.4 Å². The van der Waals surface area contributed by atoms with Crippen molar-refractivity contribution in [1.29, 1.82) is 0 Å². The Morgan fingerprint density at radius 3 is 1.00 bits per heavy atom. The summed E-state index contributed by atoms with van der Waals surface area (Å²) >= 11 is 0. The normalized spacial score (nSPS) is 7.64. The van der Waals surface area contributed by atoms with Gasteiger partial charge in [-0.15, -0.1) is 0 Å². The van der Waals surface area contributed by atoms with Crippen molar-refractivity contribution in [2.24, 2.45) is 5.92 Å². The molecule has 0 aromatic heterocycles. The van der Waals surface area contributed by atoms with E-state index in [0.29, 0.717) is 0 Å². The summed E-state index contributed by atoms with van der Waals surface area (Å²) < 4.78 is 0. The fourth-order valence-electron chi connectivity index (χ4n) is 0. The Hall–Kier alpha value is 0. The van der Waals surface area contributed by atoms with Crippen molar-refractivity contribution in [3.05, 3.63) is 0 Å². The van der Waals surface area contributed by atoms with Crippen molar-refractivity contribution in [2.75, 3.05) is 0 Å². The fraction of sp³-hybridized carbons (Fsp3) is 1.00. The van der Waals surface area contributed by atoms with Gasteiger partial charge < -0.3 is 0 Å². The van der Waals surface area contributed by atoms with Gasteiger partial charge in [-0.25, -0.2) is 0 Å². The average molecular weight is 160 g/mol. The molecule has 0 unspecified atom stereocenters. The summed E-state index contributed by atoms with van der Waals surface area (Å²) in [6.45, 7) is 15.0. The maximum Gasteiger partial charge on any atom is -0.0474 e. The third-order valence-corrected chi connectivity index (χ3v) is 1.32. The van der Waals surface area contributed by atoms with Crippen LogP contribution in [0.25, 0.3) is 0 Å². The lowest BCUT2D eigenvalue weighted by Gasteiger charge is -1.90. The van der Waals surface area contributed by atoms with Crippen LogP contribution in [0.4, 0.5) is 0 Å². The van der Waals surface area contributed by atoms with Crippen molar-refractivity contribution in [3.8, 4) is 0 Å². The van der Waals surface area contributed by atoms with E-state index in [4.69, 9.17) is 0 Å². The lowest BCUT2D eigenvalue weighted by Crippen LogP contribution is -1.77. The Morgan fingerprint density at radius 2 is 1.00 bits per heavy atom. The third-order valence-electron chi connectivity index (χ3n) is 1.32. The summed E-state index contributed by atoms with van der Waals surface area (Å²) in [6.07, 6.45) is 3.94. The average Bonchev–Trinajstić information content (AvgIpc) is 2.08. The van der Waals surface area contributed by atoms with E-state index < -0.39 is 0 Å². The van der Waals surface area contributed by atoms with Gasteiger partial charge in [0.05, 0.1) is 0 Å². The monoisotopic (exact) mass is 160 g/mol. The molecule has 11 heavy (non-hydrogen) atoms. The Kier molecular flexibility index (Phi) is 35.2. The summed E-state index contributed by atoms with van der Waals surface area (Å²) in [5.41, 5.74) is 0. The van der Waals surface area contributed by atoms with Gasteiger partial charge in [0.2, 0.25) is 0 Å². The highest BCUT2D eigenvalue weighted by Crippen LogP contribution is 1.93. The molecule has 0 aliphatic heterocycles. The predicted molar refractivity (Wildman–Crippen MR) is 57.1 cm³/mol. The molecule has 0 fully saturated rings. The number of unbranched alkanes of at least 4 members (excludes halogenated alkanes) is 1. The van der Waals surface area contributed by atoms with Crippen LogP contribution >= 0.6 is 0 Å². The summed E-state index contributed by atoms with van der Waals surface area (Å²) in [5.74, 6) is 0.884. The largest absolute Gasteiger partial charge is 0.0683 e. The molecular weight excluding hydrogens is 132 g/mol. The fourth-order valence-corrected chi connectivity index (χ4v) is 0. The second kappa shape index (κ2) is 22.5. The van der Waals surface area contributed by atoms with Gasteiger partial charge in [-0.05, 0) is 5.92 Å². The molecule has 0 spiro atoms. The van der Waals surface area contributed by atoms with Crippen LogP contribution in [0, 0.1) is 5.92 Å². The smallest absolute Gasteiger partial charge is 0.0474 e. The second-order valence-electron chi connectivity index (χ2n) is 2.80. The molecule has 0 amide bonds. The van der Waals surface area contributed by atoms with Crippen molar-refractivity contribution in [3.63, 3.8) is 0 Å². The lowest BCUT2D eigenvalue weighted by atomic mass is 10.2. The highest BCUT2D eigenvalue weighted by atomic mass is 13.9. The van der Waals surface area contributed by atoms with E-state index in [2.05, 4.69) is 34.6 Å². The van der Waals surface area contributed by atoms with E-state index in [1.54, 1.807) is 0 Å². The number of hydrogen-bond acceptors (Lipinski definition) is 0. The van der Waals surface area contributed by atoms with Gasteiger partial charge in [0, 0.05) is 0 Å². The summed E-state index contributed by atoms with van der Waals surface area (Å²) in [4.78, 5) is 0. The van der Waals surface area contributed by atoms with Crippen LogP contribution in [0.3, 0.4) is 0 Å². The SMILES string of the molecule is CC.CCC(C)C.CCCC. The van der Waals surface area contributed by atoms with E-state index in [9.17, 15) is 0 Å². The molecule has 0 aliphatic rings. The van der Waals surface area contributed by atoms with Crippen molar-refractivity contribution >= 4 is 0 Å². The highest BCUT2D eigenvalue weighted by Gasteiger charge is 1.80. The van der Waals surface area contributed by atoms with E-state index in [-0.39, 0.29) is 0 Å². The zero-order valence-corrected chi connectivity index (χ0v) is 9.70. The first-order valence-electron chi connectivity index (χ1n) is 5.18. The maximum absolute atomic E-state index is 2.22. The molecule has 0 heterocycles.